The van der Waals surface area contributed by atoms with Crippen molar-refractivity contribution in [1.29, 1.82) is 0 Å². The number of carbonyl (C=O) groups excluding carboxylic acids is 2. The molecule has 0 aliphatic carbocycles. The lowest BCUT2D eigenvalue weighted by Crippen LogP contribution is -1.96. The number of halogens is 3. The lowest BCUT2D eigenvalue weighted by molar-refractivity contribution is 0.111. The summed E-state index contributed by atoms with van der Waals surface area (Å²) in [6.07, 6.45) is 1.40. The lowest BCUT2D eigenvalue weighted by atomic mass is 9.98. The zero-order chi connectivity index (χ0) is 26.3. The molecule has 0 saturated carbocycles. The Kier molecular flexibility index (Phi) is 6.73. The summed E-state index contributed by atoms with van der Waals surface area (Å²) in [4.78, 5) is 31.9. The second-order valence-electron chi connectivity index (χ2n) is 8.19. The van der Waals surface area contributed by atoms with Crippen molar-refractivity contribution >= 4 is 58.4 Å². The number of fused-ring (bicyclic) bond motifs is 1. The standard InChI is InChI=1S/C28H18Cl3N3O3/c1-34-22-12-11-20(32-27(22)26(31)23(34)14-36)18-7-3-5-16(24(18)29)17-6-4-8-19(25(17)30)21-10-9-15(13-35)28(33-21)37-2/h3-14H,1-2H3. The second-order valence-corrected chi connectivity index (χ2v) is 9.32. The van der Waals surface area contributed by atoms with Crippen LogP contribution in [0.15, 0.2) is 60.7 Å². The number of ether oxygens (including phenoxy) is 1. The van der Waals surface area contributed by atoms with Gasteiger partial charge in [-0.3, -0.25) is 9.59 Å². The van der Waals surface area contributed by atoms with Gasteiger partial charge in [-0.15, -0.1) is 0 Å². The van der Waals surface area contributed by atoms with Crippen molar-refractivity contribution in [2.75, 3.05) is 7.11 Å². The van der Waals surface area contributed by atoms with E-state index in [-0.39, 0.29) is 5.88 Å². The van der Waals surface area contributed by atoms with E-state index in [1.807, 2.05) is 48.5 Å². The van der Waals surface area contributed by atoms with Crippen LogP contribution in [0.1, 0.15) is 20.8 Å². The quantitative estimate of drug-likeness (QED) is 0.204. The average Bonchev–Trinajstić information content (AvgIpc) is 3.17. The number of aryl methyl sites for hydroxylation is 1. The molecule has 0 saturated heterocycles. The number of methoxy groups -OCH3 is 1. The number of rotatable bonds is 6. The molecule has 37 heavy (non-hydrogen) atoms. The molecular weight excluding hydrogens is 533 g/mol. The van der Waals surface area contributed by atoms with E-state index in [1.54, 1.807) is 23.7 Å². The SMILES string of the molecule is COc1nc(-c2cccc(-c3cccc(-c4ccc5c(n4)c(Cl)c(C=O)n5C)c3Cl)c2Cl)ccc1C=O. The number of aromatic nitrogens is 3. The molecule has 3 aromatic heterocycles. The van der Waals surface area contributed by atoms with Gasteiger partial charge in [-0.1, -0.05) is 71.2 Å². The number of carbonyl (C=O) groups is 2. The van der Waals surface area contributed by atoms with Crippen LogP contribution in [0.5, 0.6) is 5.88 Å². The van der Waals surface area contributed by atoms with Crippen molar-refractivity contribution in [3.8, 4) is 39.5 Å². The second kappa shape index (κ2) is 9.98. The van der Waals surface area contributed by atoms with Crippen molar-refractivity contribution in [2.45, 2.75) is 0 Å². The molecular formula is C28H18Cl3N3O3. The summed E-state index contributed by atoms with van der Waals surface area (Å²) in [5.41, 5.74) is 5.87. The normalized spacial score (nSPS) is 11.1. The van der Waals surface area contributed by atoms with Crippen LogP contribution in [0.4, 0.5) is 0 Å². The Bertz CT molecular complexity index is 1710. The Balaban J connectivity index is 1.63. The van der Waals surface area contributed by atoms with E-state index < -0.39 is 0 Å². The van der Waals surface area contributed by atoms with Crippen molar-refractivity contribution in [1.82, 2.24) is 14.5 Å². The number of hydrogen-bond acceptors (Lipinski definition) is 5. The topological polar surface area (TPSA) is 74.1 Å². The van der Waals surface area contributed by atoms with Gasteiger partial charge in [-0.25, -0.2) is 9.97 Å². The van der Waals surface area contributed by atoms with Crippen molar-refractivity contribution in [2.24, 2.45) is 7.05 Å². The van der Waals surface area contributed by atoms with Gasteiger partial charge in [0.25, 0.3) is 0 Å². The number of pyridine rings is 2. The van der Waals surface area contributed by atoms with E-state index in [2.05, 4.69) is 4.98 Å². The van der Waals surface area contributed by atoms with E-state index in [0.29, 0.717) is 78.1 Å². The van der Waals surface area contributed by atoms with Crippen LogP contribution in [0.2, 0.25) is 15.1 Å². The molecule has 0 unspecified atom stereocenters. The first-order valence-corrected chi connectivity index (χ1v) is 12.2. The minimum Gasteiger partial charge on any atom is -0.480 e. The molecule has 5 aromatic rings. The molecule has 5 rings (SSSR count). The first-order chi connectivity index (χ1) is 17.9. The fourth-order valence-corrected chi connectivity index (χ4v) is 5.25. The highest BCUT2D eigenvalue weighted by atomic mass is 35.5. The number of nitrogens with zero attached hydrogens (tertiary/aromatic N) is 3. The summed E-state index contributed by atoms with van der Waals surface area (Å²) in [7, 11) is 3.22. The molecule has 0 bridgehead atoms. The minimum atomic E-state index is 0.216. The maximum absolute atomic E-state index is 11.5. The summed E-state index contributed by atoms with van der Waals surface area (Å²) >= 11 is 20.2. The van der Waals surface area contributed by atoms with Crippen LogP contribution < -0.4 is 4.74 Å². The molecule has 0 fully saturated rings. The molecule has 0 aliphatic rings. The van der Waals surface area contributed by atoms with Crippen molar-refractivity contribution in [3.05, 3.63) is 87.0 Å². The minimum absolute atomic E-state index is 0.216. The van der Waals surface area contributed by atoms with E-state index in [0.717, 1.165) is 5.52 Å². The van der Waals surface area contributed by atoms with Crippen molar-refractivity contribution < 1.29 is 14.3 Å². The van der Waals surface area contributed by atoms with Crippen LogP contribution in [0, 0.1) is 0 Å². The summed E-state index contributed by atoms with van der Waals surface area (Å²) in [5.74, 6) is 0.216. The molecule has 0 amide bonds. The Morgan fingerprint density at radius 2 is 1.30 bits per heavy atom. The van der Waals surface area contributed by atoms with Crippen LogP contribution in [-0.2, 0) is 7.05 Å². The third-order valence-corrected chi connectivity index (χ3v) is 7.38. The first-order valence-electron chi connectivity index (χ1n) is 11.1. The Morgan fingerprint density at radius 1 is 0.730 bits per heavy atom. The third-order valence-electron chi connectivity index (χ3n) is 6.19. The largest absolute Gasteiger partial charge is 0.480 e. The van der Waals surface area contributed by atoms with Crippen LogP contribution in [0.3, 0.4) is 0 Å². The van der Waals surface area contributed by atoms with Crippen LogP contribution in [0.25, 0.3) is 44.7 Å². The molecule has 9 heteroatoms. The highest BCUT2D eigenvalue weighted by Crippen LogP contribution is 2.42. The smallest absolute Gasteiger partial charge is 0.224 e. The highest BCUT2D eigenvalue weighted by molar-refractivity contribution is 6.39. The molecule has 6 nitrogen and oxygen atoms in total. The first kappa shape index (κ1) is 25.0. The molecule has 0 aliphatic heterocycles. The van der Waals surface area contributed by atoms with Gasteiger partial charge in [0, 0.05) is 29.3 Å². The fourth-order valence-electron chi connectivity index (χ4n) is 4.29. The third kappa shape index (κ3) is 4.17. The summed E-state index contributed by atoms with van der Waals surface area (Å²) in [6.45, 7) is 0. The molecule has 0 radical (unpaired) electrons. The Morgan fingerprint density at radius 3 is 1.86 bits per heavy atom. The maximum atomic E-state index is 11.5. The molecule has 3 heterocycles. The van der Waals surface area contributed by atoms with E-state index >= 15 is 0 Å². The van der Waals surface area contributed by atoms with Gasteiger partial charge >= 0.3 is 0 Å². The van der Waals surface area contributed by atoms with Gasteiger partial charge in [0.05, 0.1) is 44.6 Å². The molecule has 0 N–H and O–H groups in total. The van der Waals surface area contributed by atoms with Crippen LogP contribution in [-0.4, -0.2) is 34.2 Å². The highest BCUT2D eigenvalue weighted by Gasteiger charge is 2.19. The molecule has 184 valence electrons. The van der Waals surface area contributed by atoms with Gasteiger partial charge < -0.3 is 9.30 Å². The Labute approximate surface area is 227 Å². The monoisotopic (exact) mass is 549 g/mol. The van der Waals surface area contributed by atoms with E-state index in [4.69, 9.17) is 44.5 Å². The number of benzene rings is 2. The molecule has 2 aromatic carbocycles. The van der Waals surface area contributed by atoms with Gasteiger partial charge in [-0.2, -0.15) is 0 Å². The van der Waals surface area contributed by atoms with Crippen LogP contribution >= 0.6 is 34.8 Å². The molecule has 0 atom stereocenters. The zero-order valence-corrected chi connectivity index (χ0v) is 21.9. The fraction of sp³-hybridized carbons (Fsp3) is 0.0714. The van der Waals surface area contributed by atoms with Gasteiger partial charge in [0.2, 0.25) is 5.88 Å². The lowest BCUT2D eigenvalue weighted by Gasteiger charge is -2.14. The van der Waals surface area contributed by atoms with E-state index in [1.165, 1.54) is 7.11 Å². The summed E-state index contributed by atoms with van der Waals surface area (Å²) in [6, 6.07) is 18.2. The number of aldehydes is 2. The van der Waals surface area contributed by atoms with Gasteiger partial charge in [-0.05, 0) is 24.3 Å². The number of hydrogen-bond donors (Lipinski definition) is 0. The van der Waals surface area contributed by atoms with Crippen molar-refractivity contribution in [3.63, 3.8) is 0 Å². The predicted molar refractivity (Wildman–Crippen MR) is 147 cm³/mol. The van der Waals surface area contributed by atoms with Gasteiger partial charge in [0.15, 0.2) is 12.6 Å². The summed E-state index contributed by atoms with van der Waals surface area (Å²) < 4.78 is 6.95. The molecule has 0 spiro atoms. The predicted octanol–water partition coefficient (Wildman–Crippen LogP) is 7.56. The maximum Gasteiger partial charge on any atom is 0.224 e. The Hall–Kier alpha value is -3.71. The van der Waals surface area contributed by atoms with E-state index in [9.17, 15) is 9.59 Å². The average molecular weight is 551 g/mol. The zero-order valence-electron chi connectivity index (χ0n) is 19.6. The summed E-state index contributed by atoms with van der Waals surface area (Å²) in [5, 5.41) is 1.19. The van der Waals surface area contributed by atoms with Gasteiger partial charge in [0.1, 0.15) is 11.2 Å².